The number of carbonyl (C=O) groups excluding carboxylic acids is 1. The smallest absolute Gasteiger partial charge is 0.245 e. The Labute approximate surface area is 217 Å². The highest BCUT2D eigenvalue weighted by Gasteiger charge is 2.36. The summed E-state index contributed by atoms with van der Waals surface area (Å²) in [6, 6.07) is 0.826. The molecule has 3 heterocycles. The molecule has 0 bridgehead atoms. The molecule has 0 aromatic heterocycles. The number of piperidine rings is 2. The van der Waals surface area contributed by atoms with E-state index in [0.717, 1.165) is 62.5 Å². The SMILES string of the molecule is CCC1=C(N2CCC(N3CCCC(Nc4c(F)cc(S(C)(=O)=O)cc4F)C3=O)CC2)N=C(C(C)C)OC1. The Bertz CT molecular complexity index is 1180. The van der Waals surface area contributed by atoms with E-state index in [-0.39, 0.29) is 17.9 Å². The van der Waals surface area contributed by atoms with Crippen molar-refractivity contribution in [3.63, 3.8) is 0 Å². The Morgan fingerprint density at radius 2 is 1.78 bits per heavy atom. The first-order chi connectivity index (χ1) is 17.5. The van der Waals surface area contributed by atoms with Crippen LogP contribution in [-0.2, 0) is 19.4 Å². The molecule has 3 aliphatic heterocycles. The number of hydrogen-bond acceptors (Lipinski definition) is 7. The molecular formula is C26H36F2N4O4S. The molecule has 1 unspecified atom stereocenters. The van der Waals surface area contributed by atoms with Gasteiger partial charge in [-0.05, 0) is 44.2 Å². The number of carbonyl (C=O) groups is 1. The zero-order chi connectivity index (χ0) is 26.9. The summed E-state index contributed by atoms with van der Waals surface area (Å²) in [5.41, 5.74) is 0.701. The van der Waals surface area contributed by atoms with Gasteiger partial charge in [0.1, 0.15) is 24.2 Å². The first-order valence-electron chi connectivity index (χ1n) is 12.9. The molecule has 0 aliphatic carbocycles. The van der Waals surface area contributed by atoms with E-state index in [1.165, 1.54) is 5.57 Å². The fourth-order valence-electron chi connectivity index (χ4n) is 5.15. The predicted octanol–water partition coefficient (Wildman–Crippen LogP) is 3.94. The average Bonchev–Trinajstić information content (AvgIpc) is 2.86. The third kappa shape index (κ3) is 5.91. The number of anilines is 1. The van der Waals surface area contributed by atoms with Crippen molar-refractivity contribution in [2.24, 2.45) is 10.9 Å². The van der Waals surface area contributed by atoms with E-state index in [1.54, 1.807) is 0 Å². The second-order valence-electron chi connectivity index (χ2n) is 10.3. The maximum Gasteiger partial charge on any atom is 0.245 e. The molecule has 1 N–H and O–H groups in total. The van der Waals surface area contributed by atoms with Gasteiger partial charge in [-0.3, -0.25) is 4.79 Å². The third-order valence-electron chi connectivity index (χ3n) is 7.29. The molecule has 37 heavy (non-hydrogen) atoms. The molecule has 0 spiro atoms. The molecule has 1 atom stereocenters. The molecule has 2 saturated heterocycles. The fourth-order valence-corrected chi connectivity index (χ4v) is 5.79. The Kier molecular flexibility index (Phi) is 8.11. The number of hydrogen-bond donors (Lipinski definition) is 1. The highest BCUT2D eigenvalue weighted by atomic mass is 32.2. The van der Waals surface area contributed by atoms with Crippen molar-refractivity contribution in [1.29, 1.82) is 0 Å². The first kappa shape index (κ1) is 27.3. The lowest BCUT2D eigenvalue weighted by molar-refractivity contribution is -0.137. The largest absolute Gasteiger partial charge is 0.476 e. The first-order valence-corrected chi connectivity index (χ1v) is 14.8. The van der Waals surface area contributed by atoms with Gasteiger partial charge in [-0.1, -0.05) is 20.8 Å². The number of benzene rings is 1. The van der Waals surface area contributed by atoms with Crippen LogP contribution in [0, 0.1) is 17.6 Å². The standard InChI is InChI=1S/C26H36F2N4O4S/c1-5-17-15-36-25(16(2)3)30-24(17)31-11-8-18(9-12-31)32-10-6-7-22(26(32)33)29-23-20(27)13-19(14-21(23)28)37(4,34)35/h13-14,16,18,22,29H,5-12,15H2,1-4H3. The van der Waals surface area contributed by atoms with Gasteiger partial charge in [-0.2, -0.15) is 4.99 Å². The van der Waals surface area contributed by atoms with Crippen molar-refractivity contribution >= 4 is 27.3 Å². The summed E-state index contributed by atoms with van der Waals surface area (Å²) in [5.74, 6) is -0.302. The maximum atomic E-state index is 14.6. The van der Waals surface area contributed by atoms with Gasteiger partial charge in [-0.25, -0.2) is 17.2 Å². The molecular weight excluding hydrogens is 502 g/mol. The zero-order valence-corrected chi connectivity index (χ0v) is 22.7. The minimum atomic E-state index is -3.76. The second-order valence-corrected chi connectivity index (χ2v) is 12.3. The molecule has 204 valence electrons. The summed E-state index contributed by atoms with van der Waals surface area (Å²) >= 11 is 0. The van der Waals surface area contributed by atoms with Gasteiger partial charge < -0.3 is 19.9 Å². The minimum absolute atomic E-state index is 0.0368. The van der Waals surface area contributed by atoms with Gasteiger partial charge in [0.2, 0.25) is 5.91 Å². The third-order valence-corrected chi connectivity index (χ3v) is 8.38. The van der Waals surface area contributed by atoms with Crippen LogP contribution >= 0.6 is 0 Å². The van der Waals surface area contributed by atoms with E-state index in [2.05, 4.69) is 31.0 Å². The van der Waals surface area contributed by atoms with Crippen molar-refractivity contribution in [3.8, 4) is 0 Å². The van der Waals surface area contributed by atoms with E-state index in [4.69, 9.17) is 9.73 Å². The number of sulfone groups is 1. The number of ether oxygens (including phenoxy) is 1. The maximum absolute atomic E-state index is 14.6. The Hall–Kier alpha value is -2.69. The summed E-state index contributed by atoms with van der Waals surface area (Å²) in [5, 5.41) is 2.72. The molecule has 2 fully saturated rings. The van der Waals surface area contributed by atoms with Crippen LogP contribution < -0.4 is 5.32 Å². The van der Waals surface area contributed by atoms with Crippen LogP contribution in [0.3, 0.4) is 0 Å². The van der Waals surface area contributed by atoms with Gasteiger partial charge in [-0.15, -0.1) is 0 Å². The number of nitrogens with one attached hydrogen (secondary N) is 1. The van der Waals surface area contributed by atoms with Crippen molar-refractivity contribution in [2.45, 2.75) is 69.9 Å². The predicted molar refractivity (Wildman–Crippen MR) is 138 cm³/mol. The number of amides is 1. The molecule has 0 radical (unpaired) electrons. The number of rotatable bonds is 7. The highest BCUT2D eigenvalue weighted by Crippen LogP contribution is 2.30. The van der Waals surface area contributed by atoms with Gasteiger partial charge in [0.05, 0.1) is 4.90 Å². The highest BCUT2D eigenvalue weighted by molar-refractivity contribution is 7.90. The Balaban J connectivity index is 1.43. The lowest BCUT2D eigenvalue weighted by atomic mass is 9.96. The summed E-state index contributed by atoms with van der Waals surface area (Å²) < 4.78 is 58.4. The molecule has 1 amide bonds. The van der Waals surface area contributed by atoms with Crippen LogP contribution in [0.1, 0.15) is 52.9 Å². The second kappa shape index (κ2) is 11.0. The summed E-state index contributed by atoms with van der Waals surface area (Å²) in [6.07, 6.45) is 4.45. The number of aliphatic imine (C=N–C) groups is 1. The molecule has 3 aliphatic rings. The van der Waals surface area contributed by atoms with Crippen molar-refractivity contribution in [1.82, 2.24) is 9.80 Å². The fraction of sp³-hybridized carbons (Fsp3) is 0.615. The molecule has 1 aromatic carbocycles. The van der Waals surface area contributed by atoms with Gasteiger partial charge in [0, 0.05) is 43.4 Å². The average molecular weight is 539 g/mol. The van der Waals surface area contributed by atoms with E-state index in [9.17, 15) is 22.0 Å². The van der Waals surface area contributed by atoms with Crippen LogP contribution in [0.2, 0.25) is 0 Å². The van der Waals surface area contributed by atoms with Gasteiger partial charge >= 0.3 is 0 Å². The van der Waals surface area contributed by atoms with Crippen LogP contribution in [-0.4, -0.2) is 74.6 Å². The molecule has 11 heteroatoms. The minimum Gasteiger partial charge on any atom is -0.476 e. The molecule has 8 nitrogen and oxygen atoms in total. The summed E-state index contributed by atoms with van der Waals surface area (Å²) in [7, 11) is -3.76. The summed E-state index contributed by atoms with van der Waals surface area (Å²) in [4.78, 5) is 21.8. The molecule has 1 aromatic rings. The number of nitrogens with zero attached hydrogens (tertiary/aromatic N) is 3. The van der Waals surface area contributed by atoms with Gasteiger partial charge in [0.15, 0.2) is 27.4 Å². The van der Waals surface area contributed by atoms with E-state index >= 15 is 0 Å². The topological polar surface area (TPSA) is 91.3 Å². The van der Waals surface area contributed by atoms with Crippen LogP contribution in [0.4, 0.5) is 14.5 Å². The number of likely N-dealkylation sites (tertiary alicyclic amines) is 2. The zero-order valence-electron chi connectivity index (χ0n) is 21.9. The van der Waals surface area contributed by atoms with Crippen molar-refractivity contribution in [3.05, 3.63) is 35.2 Å². The lowest BCUT2D eigenvalue weighted by Crippen LogP contribution is -2.54. The molecule has 4 rings (SSSR count). The van der Waals surface area contributed by atoms with E-state index in [0.29, 0.717) is 26.0 Å². The van der Waals surface area contributed by atoms with Gasteiger partial charge in [0.25, 0.3) is 0 Å². The monoisotopic (exact) mass is 538 g/mol. The summed E-state index contributed by atoms with van der Waals surface area (Å²) in [6.45, 7) is 8.90. The Morgan fingerprint density at radius 3 is 2.35 bits per heavy atom. The lowest BCUT2D eigenvalue weighted by Gasteiger charge is -2.43. The normalized spacial score (nSPS) is 21.9. The van der Waals surface area contributed by atoms with Crippen molar-refractivity contribution < 1.29 is 26.7 Å². The number of halogens is 2. The quantitative estimate of drug-likeness (QED) is 0.566. The van der Waals surface area contributed by atoms with Crippen LogP contribution in [0.5, 0.6) is 0 Å². The van der Waals surface area contributed by atoms with E-state index < -0.39 is 38.1 Å². The van der Waals surface area contributed by atoms with Crippen LogP contribution in [0.25, 0.3) is 0 Å². The van der Waals surface area contributed by atoms with Crippen LogP contribution in [0.15, 0.2) is 33.4 Å². The Morgan fingerprint density at radius 1 is 1.14 bits per heavy atom. The van der Waals surface area contributed by atoms with E-state index in [1.807, 2.05) is 4.90 Å². The molecule has 0 saturated carbocycles. The van der Waals surface area contributed by atoms with Crippen molar-refractivity contribution in [2.75, 3.05) is 37.8 Å².